The molecule has 0 saturated heterocycles. The predicted octanol–water partition coefficient (Wildman–Crippen LogP) is 1.71. The van der Waals surface area contributed by atoms with Crippen LogP contribution >= 0.6 is 12.2 Å². The second-order valence-electron chi connectivity index (χ2n) is 4.06. The maximum atomic E-state index is 11.9. The molecule has 0 unspecified atom stereocenters. The van der Waals surface area contributed by atoms with Crippen LogP contribution < -0.4 is 5.32 Å². The van der Waals surface area contributed by atoms with Gasteiger partial charge in [0, 0.05) is 12.0 Å². The molecule has 19 heavy (non-hydrogen) atoms. The molecule has 2 heterocycles. The SMILES string of the molecule is CCc1n[nH]c(=S)n1N=C1C(=O)Nc2ccccc21. The van der Waals surface area contributed by atoms with Crippen LogP contribution in [0, 0.1) is 4.77 Å². The number of nitrogens with zero attached hydrogens (tertiary/aromatic N) is 3. The van der Waals surface area contributed by atoms with Crippen molar-refractivity contribution in [2.24, 2.45) is 5.10 Å². The highest BCUT2D eigenvalue weighted by Crippen LogP contribution is 2.22. The molecule has 2 N–H and O–H groups in total. The van der Waals surface area contributed by atoms with Gasteiger partial charge in [-0.15, -0.1) is 0 Å². The summed E-state index contributed by atoms with van der Waals surface area (Å²) in [6, 6.07) is 7.42. The first-order chi connectivity index (χ1) is 9.20. The molecular formula is C12H11N5OS. The quantitative estimate of drug-likeness (QED) is 0.818. The molecular weight excluding hydrogens is 262 g/mol. The van der Waals surface area contributed by atoms with Crippen LogP contribution in [0.25, 0.3) is 0 Å². The molecule has 0 bridgehead atoms. The Balaban J connectivity index is 2.17. The maximum absolute atomic E-state index is 11.9. The van der Waals surface area contributed by atoms with Gasteiger partial charge in [-0.25, -0.2) is 0 Å². The van der Waals surface area contributed by atoms with Gasteiger partial charge in [0.1, 0.15) is 0 Å². The Morgan fingerprint density at radius 2 is 2.21 bits per heavy atom. The number of aryl methyl sites for hydroxylation is 1. The molecule has 1 aromatic heterocycles. The molecule has 0 fully saturated rings. The number of H-pyrrole nitrogens is 1. The van der Waals surface area contributed by atoms with Gasteiger partial charge in [-0.2, -0.15) is 14.9 Å². The lowest BCUT2D eigenvalue weighted by atomic mass is 10.1. The molecule has 0 saturated carbocycles. The smallest absolute Gasteiger partial charge is 0.276 e. The number of amides is 1. The summed E-state index contributed by atoms with van der Waals surface area (Å²) in [5.41, 5.74) is 1.89. The van der Waals surface area contributed by atoms with E-state index in [9.17, 15) is 4.79 Å². The number of hydrogen-bond acceptors (Lipinski definition) is 4. The number of para-hydroxylation sites is 1. The van der Waals surface area contributed by atoms with Gasteiger partial charge in [-0.05, 0) is 18.3 Å². The van der Waals surface area contributed by atoms with Crippen molar-refractivity contribution in [2.75, 3.05) is 5.32 Å². The fourth-order valence-electron chi connectivity index (χ4n) is 1.96. The Morgan fingerprint density at radius 1 is 1.42 bits per heavy atom. The average molecular weight is 273 g/mol. The minimum atomic E-state index is -0.230. The van der Waals surface area contributed by atoms with E-state index in [0.717, 1.165) is 11.3 Å². The molecule has 0 radical (unpaired) electrons. The van der Waals surface area contributed by atoms with E-state index in [1.807, 2.05) is 31.2 Å². The summed E-state index contributed by atoms with van der Waals surface area (Å²) in [4.78, 5) is 11.9. The summed E-state index contributed by atoms with van der Waals surface area (Å²) < 4.78 is 1.87. The second kappa shape index (κ2) is 4.43. The minimum Gasteiger partial charge on any atom is -0.320 e. The number of rotatable bonds is 2. The van der Waals surface area contributed by atoms with Crippen LogP contribution in [-0.2, 0) is 11.2 Å². The highest BCUT2D eigenvalue weighted by atomic mass is 32.1. The number of anilines is 1. The molecule has 0 aliphatic carbocycles. The van der Waals surface area contributed by atoms with Crippen LogP contribution in [0.3, 0.4) is 0 Å². The van der Waals surface area contributed by atoms with E-state index >= 15 is 0 Å². The summed E-state index contributed by atoms with van der Waals surface area (Å²) in [7, 11) is 0. The van der Waals surface area contributed by atoms with E-state index in [2.05, 4.69) is 20.6 Å². The molecule has 0 spiro atoms. The summed E-state index contributed by atoms with van der Waals surface area (Å²) >= 11 is 5.12. The van der Waals surface area contributed by atoms with Gasteiger partial charge in [0.25, 0.3) is 5.91 Å². The van der Waals surface area contributed by atoms with Gasteiger partial charge in [0.2, 0.25) is 4.77 Å². The first kappa shape index (κ1) is 11.8. The van der Waals surface area contributed by atoms with E-state index in [1.54, 1.807) is 0 Å². The van der Waals surface area contributed by atoms with Crippen molar-refractivity contribution in [2.45, 2.75) is 13.3 Å². The minimum absolute atomic E-state index is 0.230. The van der Waals surface area contributed by atoms with Gasteiger partial charge in [-0.1, -0.05) is 25.1 Å². The van der Waals surface area contributed by atoms with Gasteiger partial charge >= 0.3 is 0 Å². The summed E-state index contributed by atoms with van der Waals surface area (Å²) in [6.45, 7) is 1.95. The van der Waals surface area contributed by atoms with E-state index < -0.39 is 0 Å². The normalized spacial score (nSPS) is 15.6. The number of hydrogen-bond donors (Lipinski definition) is 2. The third-order valence-electron chi connectivity index (χ3n) is 2.88. The summed E-state index contributed by atoms with van der Waals surface area (Å²) in [5.74, 6) is 0.459. The lowest BCUT2D eigenvalue weighted by Crippen LogP contribution is -2.16. The zero-order chi connectivity index (χ0) is 13.4. The van der Waals surface area contributed by atoms with Gasteiger partial charge in [0.15, 0.2) is 11.5 Å². The van der Waals surface area contributed by atoms with Gasteiger partial charge in [-0.3, -0.25) is 9.89 Å². The highest BCUT2D eigenvalue weighted by molar-refractivity contribution is 7.71. The molecule has 7 heteroatoms. The zero-order valence-electron chi connectivity index (χ0n) is 10.2. The van der Waals surface area contributed by atoms with Crippen molar-refractivity contribution in [3.8, 4) is 0 Å². The Morgan fingerprint density at radius 3 is 3.00 bits per heavy atom. The average Bonchev–Trinajstić information content (AvgIpc) is 2.92. The molecule has 1 aromatic carbocycles. The van der Waals surface area contributed by atoms with Crippen molar-refractivity contribution in [1.82, 2.24) is 14.9 Å². The van der Waals surface area contributed by atoms with Crippen molar-refractivity contribution in [3.63, 3.8) is 0 Å². The lowest BCUT2D eigenvalue weighted by Gasteiger charge is -1.99. The maximum Gasteiger partial charge on any atom is 0.276 e. The summed E-state index contributed by atoms with van der Waals surface area (Å²) in [5, 5.41) is 13.8. The van der Waals surface area contributed by atoms with E-state index in [4.69, 9.17) is 12.2 Å². The number of aromatic nitrogens is 3. The van der Waals surface area contributed by atoms with Gasteiger partial charge in [0.05, 0.1) is 5.69 Å². The Bertz CT molecular complexity index is 743. The summed E-state index contributed by atoms with van der Waals surface area (Å²) in [6.07, 6.45) is 0.674. The van der Waals surface area contributed by atoms with Crippen molar-refractivity contribution < 1.29 is 4.79 Å². The largest absolute Gasteiger partial charge is 0.320 e. The van der Waals surface area contributed by atoms with E-state index in [0.29, 0.717) is 22.7 Å². The Hall–Kier alpha value is -2.28. The van der Waals surface area contributed by atoms with Crippen LogP contribution in [0.2, 0.25) is 0 Å². The number of nitrogens with one attached hydrogen (secondary N) is 2. The van der Waals surface area contributed by atoms with Crippen molar-refractivity contribution in [1.29, 1.82) is 0 Å². The third-order valence-corrected chi connectivity index (χ3v) is 3.14. The molecule has 0 atom stereocenters. The topological polar surface area (TPSA) is 75.1 Å². The molecule has 1 amide bonds. The lowest BCUT2D eigenvalue weighted by molar-refractivity contribution is -0.110. The zero-order valence-corrected chi connectivity index (χ0v) is 11.0. The van der Waals surface area contributed by atoms with E-state index in [1.165, 1.54) is 4.68 Å². The van der Waals surface area contributed by atoms with Crippen molar-refractivity contribution in [3.05, 3.63) is 40.4 Å². The Labute approximate surface area is 114 Å². The second-order valence-corrected chi connectivity index (χ2v) is 4.45. The Kier molecular flexibility index (Phi) is 2.75. The van der Waals surface area contributed by atoms with Gasteiger partial charge < -0.3 is 5.32 Å². The fourth-order valence-corrected chi connectivity index (χ4v) is 2.15. The number of fused-ring (bicyclic) bond motifs is 1. The van der Waals surface area contributed by atoms with Crippen LogP contribution in [0.15, 0.2) is 29.4 Å². The standard InChI is InChI=1S/C12H11N5OS/c1-2-9-14-15-12(19)17(9)16-10-7-5-3-4-6-8(7)13-11(10)18/h3-6H,2H2,1H3,(H,15,19)(H,13,16,18). The number of aromatic amines is 1. The monoisotopic (exact) mass is 273 g/mol. The predicted molar refractivity (Wildman–Crippen MR) is 73.8 cm³/mol. The molecule has 1 aliphatic heterocycles. The molecule has 2 aromatic rings. The third kappa shape index (κ3) is 1.88. The van der Waals surface area contributed by atoms with Crippen molar-refractivity contribution >= 4 is 29.5 Å². The van der Waals surface area contributed by atoms with E-state index in [-0.39, 0.29) is 5.91 Å². The number of benzene rings is 1. The highest BCUT2D eigenvalue weighted by Gasteiger charge is 2.26. The van der Waals surface area contributed by atoms with Crippen LogP contribution in [0.1, 0.15) is 18.3 Å². The molecule has 96 valence electrons. The molecule has 3 rings (SSSR count). The van der Waals surface area contributed by atoms with Crippen LogP contribution in [0.5, 0.6) is 0 Å². The molecule has 1 aliphatic rings. The van der Waals surface area contributed by atoms with Crippen LogP contribution in [0.4, 0.5) is 5.69 Å². The first-order valence-corrected chi connectivity index (χ1v) is 6.27. The fraction of sp³-hybridized carbons (Fsp3) is 0.167. The number of carbonyl (C=O) groups is 1. The first-order valence-electron chi connectivity index (χ1n) is 5.86. The molecule has 6 nitrogen and oxygen atoms in total. The number of carbonyl (C=O) groups excluding carboxylic acids is 1. The van der Waals surface area contributed by atoms with Crippen LogP contribution in [-0.4, -0.2) is 26.5 Å².